The normalized spacial score (nSPS) is 34.9. The average molecular weight is 268 g/mol. The van der Waals surface area contributed by atoms with Crippen LogP contribution in [0, 0.1) is 11.8 Å². The highest BCUT2D eigenvalue weighted by molar-refractivity contribution is 5.69. The van der Waals surface area contributed by atoms with Gasteiger partial charge in [0.1, 0.15) is 0 Å². The van der Waals surface area contributed by atoms with Gasteiger partial charge in [0.2, 0.25) is 0 Å². The van der Waals surface area contributed by atoms with Crippen LogP contribution >= 0.6 is 0 Å². The van der Waals surface area contributed by atoms with E-state index in [-0.39, 0.29) is 6.54 Å². The second-order valence-corrected chi connectivity index (χ2v) is 6.39. The average Bonchev–Trinajstić information content (AvgIpc) is 2.58. The maximum absolute atomic E-state index is 10.8. The molecule has 3 atom stereocenters. The first-order chi connectivity index (χ1) is 9.08. The van der Waals surface area contributed by atoms with Crippen LogP contribution in [0.25, 0.3) is 0 Å². The number of rotatable bonds is 3. The molecule has 0 radical (unpaired) electrons. The molecule has 0 bridgehead atoms. The first-order valence-corrected chi connectivity index (χ1v) is 7.76. The Kier molecular flexibility index (Phi) is 5.22. The number of nitrogens with zero attached hydrogens (tertiary/aromatic N) is 2. The Morgan fingerprint density at radius 1 is 1.11 bits per heavy atom. The lowest BCUT2D eigenvalue weighted by atomic mass is 9.77. The number of carboxylic acid groups (broad SMARTS) is 1. The van der Waals surface area contributed by atoms with E-state index in [1.165, 1.54) is 19.3 Å². The van der Waals surface area contributed by atoms with Gasteiger partial charge in [0.15, 0.2) is 0 Å². The lowest BCUT2D eigenvalue weighted by molar-refractivity contribution is -0.138. The van der Waals surface area contributed by atoms with E-state index in [1.807, 2.05) is 0 Å². The van der Waals surface area contributed by atoms with Crippen molar-refractivity contribution < 1.29 is 9.90 Å². The number of hydrogen-bond donors (Lipinski definition) is 1. The fourth-order valence-electron chi connectivity index (χ4n) is 3.74. The summed E-state index contributed by atoms with van der Waals surface area (Å²) in [6, 6.07) is 0.716. The minimum absolute atomic E-state index is 0.199. The molecule has 0 aromatic rings. The van der Waals surface area contributed by atoms with Crippen LogP contribution in [0.4, 0.5) is 0 Å². The smallest absolute Gasteiger partial charge is 0.317 e. The minimum Gasteiger partial charge on any atom is -0.480 e. The fourth-order valence-corrected chi connectivity index (χ4v) is 3.74. The van der Waals surface area contributed by atoms with Crippen LogP contribution in [0.2, 0.25) is 0 Å². The summed E-state index contributed by atoms with van der Waals surface area (Å²) in [7, 11) is 0. The molecule has 1 N–H and O–H groups in total. The Morgan fingerprint density at radius 2 is 1.89 bits per heavy atom. The second kappa shape index (κ2) is 6.71. The van der Waals surface area contributed by atoms with Gasteiger partial charge in [0, 0.05) is 25.7 Å². The third-order valence-corrected chi connectivity index (χ3v) is 5.11. The summed E-state index contributed by atoms with van der Waals surface area (Å²) in [4.78, 5) is 15.5. The van der Waals surface area contributed by atoms with Gasteiger partial charge in [-0.25, -0.2) is 0 Å². The highest BCUT2D eigenvalue weighted by atomic mass is 16.4. The standard InChI is InChI=1S/C15H28N2O2/c1-12-5-3-6-14(13(12)2)17-8-4-7-16(9-10-17)11-15(18)19/h12-14H,3-11H2,1-2H3,(H,18,19). The first-order valence-electron chi connectivity index (χ1n) is 7.76. The SMILES string of the molecule is CC1CCCC(N2CCCN(CC(=O)O)CC2)C1C. The molecule has 2 aliphatic rings. The molecular formula is C15H28N2O2. The third-order valence-electron chi connectivity index (χ3n) is 5.11. The van der Waals surface area contributed by atoms with Crippen molar-refractivity contribution in [2.24, 2.45) is 11.8 Å². The van der Waals surface area contributed by atoms with Crippen LogP contribution < -0.4 is 0 Å². The Hall–Kier alpha value is -0.610. The number of carboxylic acids is 1. The van der Waals surface area contributed by atoms with E-state index in [0.717, 1.165) is 44.4 Å². The first kappa shape index (κ1) is 14.8. The van der Waals surface area contributed by atoms with Crippen LogP contribution in [-0.2, 0) is 4.79 Å². The van der Waals surface area contributed by atoms with Gasteiger partial charge < -0.3 is 5.11 Å². The summed E-state index contributed by atoms with van der Waals surface area (Å²) in [5, 5.41) is 8.89. The molecule has 2 fully saturated rings. The van der Waals surface area contributed by atoms with Crippen LogP contribution in [-0.4, -0.2) is 59.6 Å². The predicted molar refractivity (Wildman–Crippen MR) is 76.2 cm³/mol. The van der Waals surface area contributed by atoms with E-state index in [1.54, 1.807) is 0 Å². The van der Waals surface area contributed by atoms with E-state index in [4.69, 9.17) is 5.11 Å². The van der Waals surface area contributed by atoms with Crippen LogP contribution in [0.3, 0.4) is 0 Å². The number of aliphatic carboxylic acids is 1. The summed E-state index contributed by atoms with van der Waals surface area (Å²) >= 11 is 0. The maximum atomic E-state index is 10.8. The quantitative estimate of drug-likeness (QED) is 0.849. The van der Waals surface area contributed by atoms with E-state index in [0.29, 0.717) is 6.04 Å². The number of carbonyl (C=O) groups is 1. The molecule has 19 heavy (non-hydrogen) atoms. The van der Waals surface area contributed by atoms with Crippen molar-refractivity contribution in [2.75, 3.05) is 32.7 Å². The van der Waals surface area contributed by atoms with E-state index < -0.39 is 5.97 Å². The lowest BCUT2D eigenvalue weighted by Crippen LogP contribution is -2.45. The molecule has 1 saturated heterocycles. The van der Waals surface area contributed by atoms with Gasteiger partial charge in [-0.2, -0.15) is 0 Å². The summed E-state index contributed by atoms with van der Waals surface area (Å²) in [5.74, 6) is 0.907. The van der Waals surface area contributed by atoms with Gasteiger partial charge in [0.25, 0.3) is 0 Å². The lowest BCUT2D eigenvalue weighted by Gasteiger charge is -2.41. The van der Waals surface area contributed by atoms with Crippen molar-refractivity contribution in [1.82, 2.24) is 9.80 Å². The van der Waals surface area contributed by atoms with Crippen molar-refractivity contribution in [2.45, 2.75) is 45.6 Å². The monoisotopic (exact) mass is 268 g/mol. The highest BCUT2D eigenvalue weighted by Crippen LogP contribution is 2.33. The van der Waals surface area contributed by atoms with Crippen molar-refractivity contribution in [3.05, 3.63) is 0 Å². The Bertz CT molecular complexity index is 309. The molecule has 110 valence electrons. The van der Waals surface area contributed by atoms with E-state index in [2.05, 4.69) is 23.6 Å². The molecule has 1 aliphatic heterocycles. The summed E-state index contributed by atoms with van der Waals surface area (Å²) in [6.45, 7) is 8.99. The molecule has 1 heterocycles. The molecule has 0 amide bonds. The summed E-state index contributed by atoms with van der Waals surface area (Å²) < 4.78 is 0. The Morgan fingerprint density at radius 3 is 2.63 bits per heavy atom. The van der Waals surface area contributed by atoms with Crippen molar-refractivity contribution in [3.8, 4) is 0 Å². The molecule has 1 saturated carbocycles. The molecule has 0 aromatic carbocycles. The van der Waals surface area contributed by atoms with E-state index in [9.17, 15) is 4.79 Å². The van der Waals surface area contributed by atoms with Crippen molar-refractivity contribution in [3.63, 3.8) is 0 Å². The van der Waals surface area contributed by atoms with Crippen LogP contribution in [0.1, 0.15) is 39.5 Å². The Balaban J connectivity index is 1.89. The molecule has 4 nitrogen and oxygen atoms in total. The summed E-state index contributed by atoms with van der Waals surface area (Å²) in [6.07, 6.45) is 5.15. The predicted octanol–water partition coefficient (Wildman–Crippen LogP) is 1.90. The van der Waals surface area contributed by atoms with E-state index >= 15 is 0 Å². The molecular weight excluding hydrogens is 240 g/mol. The topological polar surface area (TPSA) is 43.8 Å². The van der Waals surface area contributed by atoms with Crippen molar-refractivity contribution >= 4 is 5.97 Å². The highest BCUT2D eigenvalue weighted by Gasteiger charge is 2.32. The fraction of sp³-hybridized carbons (Fsp3) is 0.933. The van der Waals surface area contributed by atoms with Gasteiger partial charge in [-0.3, -0.25) is 14.6 Å². The van der Waals surface area contributed by atoms with Gasteiger partial charge in [-0.05, 0) is 31.2 Å². The summed E-state index contributed by atoms with van der Waals surface area (Å²) in [5.41, 5.74) is 0. The third kappa shape index (κ3) is 3.93. The van der Waals surface area contributed by atoms with Crippen molar-refractivity contribution in [1.29, 1.82) is 0 Å². The molecule has 0 spiro atoms. The largest absolute Gasteiger partial charge is 0.480 e. The zero-order valence-electron chi connectivity index (χ0n) is 12.3. The Labute approximate surface area is 116 Å². The number of hydrogen-bond acceptors (Lipinski definition) is 3. The second-order valence-electron chi connectivity index (χ2n) is 6.39. The zero-order valence-corrected chi connectivity index (χ0v) is 12.3. The minimum atomic E-state index is -0.701. The maximum Gasteiger partial charge on any atom is 0.317 e. The van der Waals surface area contributed by atoms with Crippen LogP contribution in [0.15, 0.2) is 0 Å². The molecule has 0 aromatic heterocycles. The molecule has 3 unspecified atom stereocenters. The molecule has 1 aliphatic carbocycles. The van der Waals surface area contributed by atoms with Gasteiger partial charge >= 0.3 is 5.97 Å². The van der Waals surface area contributed by atoms with Gasteiger partial charge in [-0.1, -0.05) is 26.7 Å². The molecule has 2 rings (SSSR count). The van der Waals surface area contributed by atoms with Gasteiger partial charge in [-0.15, -0.1) is 0 Å². The molecule has 4 heteroatoms. The van der Waals surface area contributed by atoms with Crippen LogP contribution in [0.5, 0.6) is 0 Å². The van der Waals surface area contributed by atoms with Gasteiger partial charge in [0.05, 0.1) is 6.54 Å². The zero-order chi connectivity index (χ0) is 13.8.